The second kappa shape index (κ2) is 6.90. The van der Waals surface area contributed by atoms with Crippen LogP contribution < -0.4 is 4.90 Å². The lowest BCUT2D eigenvalue weighted by Crippen LogP contribution is -2.36. The highest BCUT2D eigenvalue weighted by Gasteiger charge is 2.26. The Hall–Kier alpha value is -1.69. The van der Waals surface area contributed by atoms with Crippen LogP contribution in [0.25, 0.3) is 0 Å². The summed E-state index contributed by atoms with van der Waals surface area (Å²) in [6.07, 6.45) is 2.85. The van der Waals surface area contributed by atoms with Crippen molar-refractivity contribution in [3.8, 4) is 0 Å². The van der Waals surface area contributed by atoms with Gasteiger partial charge in [0.15, 0.2) is 5.82 Å². The Labute approximate surface area is 156 Å². The fourth-order valence-electron chi connectivity index (χ4n) is 3.18. The SMILES string of the molecule is Cc1cc(Br)cc2c1N(C(=O)CCc1nc(C(C)(C)C)no1)CCC2. The maximum absolute atomic E-state index is 12.8. The normalized spacial score (nSPS) is 14.5. The first-order valence-corrected chi connectivity index (χ1v) is 9.47. The molecule has 0 fully saturated rings. The van der Waals surface area contributed by atoms with E-state index in [0.717, 1.165) is 35.1 Å². The molecule has 25 heavy (non-hydrogen) atoms. The van der Waals surface area contributed by atoms with Crippen LogP contribution in [0.4, 0.5) is 5.69 Å². The van der Waals surface area contributed by atoms with Gasteiger partial charge in [0, 0.05) is 35.0 Å². The number of hydrogen-bond acceptors (Lipinski definition) is 4. The molecule has 2 aromatic rings. The maximum Gasteiger partial charge on any atom is 0.227 e. The minimum atomic E-state index is -0.151. The molecular formula is C19H24BrN3O2. The Morgan fingerprint density at radius 1 is 1.36 bits per heavy atom. The van der Waals surface area contributed by atoms with Crippen LogP contribution >= 0.6 is 15.9 Å². The van der Waals surface area contributed by atoms with Gasteiger partial charge in [0.1, 0.15) is 0 Å². The number of carbonyl (C=O) groups is 1. The van der Waals surface area contributed by atoms with E-state index < -0.39 is 0 Å². The topological polar surface area (TPSA) is 59.2 Å². The number of halogens is 1. The average molecular weight is 406 g/mol. The monoisotopic (exact) mass is 405 g/mol. The van der Waals surface area contributed by atoms with Crippen molar-refractivity contribution >= 4 is 27.5 Å². The summed E-state index contributed by atoms with van der Waals surface area (Å²) in [5, 5.41) is 4.02. The quantitative estimate of drug-likeness (QED) is 0.761. The zero-order valence-corrected chi connectivity index (χ0v) is 16.8. The molecule has 0 atom stereocenters. The highest BCUT2D eigenvalue weighted by atomic mass is 79.9. The van der Waals surface area contributed by atoms with Gasteiger partial charge in [-0.3, -0.25) is 4.79 Å². The fraction of sp³-hybridized carbons (Fsp3) is 0.526. The molecule has 5 nitrogen and oxygen atoms in total. The van der Waals surface area contributed by atoms with E-state index in [1.165, 1.54) is 5.56 Å². The zero-order valence-electron chi connectivity index (χ0n) is 15.2. The fourth-order valence-corrected chi connectivity index (χ4v) is 3.80. The van der Waals surface area contributed by atoms with E-state index >= 15 is 0 Å². The van der Waals surface area contributed by atoms with Gasteiger partial charge in [-0.15, -0.1) is 0 Å². The van der Waals surface area contributed by atoms with Crippen molar-refractivity contribution in [3.63, 3.8) is 0 Å². The third kappa shape index (κ3) is 3.94. The average Bonchev–Trinajstić information content (AvgIpc) is 3.01. The molecule has 0 saturated heterocycles. The number of hydrogen-bond donors (Lipinski definition) is 0. The summed E-state index contributed by atoms with van der Waals surface area (Å²) in [6, 6.07) is 4.19. The van der Waals surface area contributed by atoms with E-state index in [-0.39, 0.29) is 11.3 Å². The van der Waals surface area contributed by atoms with Gasteiger partial charge in [-0.25, -0.2) is 0 Å². The van der Waals surface area contributed by atoms with Crippen molar-refractivity contribution < 1.29 is 9.32 Å². The predicted octanol–water partition coefficient (Wildman–Crippen LogP) is 4.35. The molecular weight excluding hydrogens is 382 g/mol. The molecule has 0 N–H and O–H groups in total. The van der Waals surface area contributed by atoms with Crippen molar-refractivity contribution in [2.75, 3.05) is 11.4 Å². The van der Waals surface area contributed by atoms with Crippen LogP contribution in [0, 0.1) is 6.92 Å². The lowest BCUT2D eigenvalue weighted by atomic mass is 9.96. The Morgan fingerprint density at radius 2 is 2.12 bits per heavy atom. The lowest BCUT2D eigenvalue weighted by molar-refractivity contribution is -0.118. The van der Waals surface area contributed by atoms with Gasteiger partial charge in [-0.1, -0.05) is 41.9 Å². The number of aromatic nitrogens is 2. The van der Waals surface area contributed by atoms with E-state index in [9.17, 15) is 4.79 Å². The van der Waals surface area contributed by atoms with Gasteiger partial charge in [-0.2, -0.15) is 4.98 Å². The van der Waals surface area contributed by atoms with Crippen LogP contribution in [-0.4, -0.2) is 22.6 Å². The highest BCUT2D eigenvalue weighted by Crippen LogP contribution is 2.34. The van der Waals surface area contributed by atoms with Crippen LogP contribution in [0.1, 0.15) is 56.5 Å². The zero-order chi connectivity index (χ0) is 18.2. The van der Waals surface area contributed by atoms with Gasteiger partial charge >= 0.3 is 0 Å². The molecule has 1 aliphatic rings. The van der Waals surface area contributed by atoms with Crippen molar-refractivity contribution in [1.29, 1.82) is 0 Å². The second-order valence-corrected chi connectivity index (χ2v) is 8.56. The summed E-state index contributed by atoms with van der Waals surface area (Å²) < 4.78 is 6.37. The van der Waals surface area contributed by atoms with Gasteiger partial charge in [-0.05, 0) is 43.0 Å². The standard InChI is InChI=1S/C19H24BrN3O2/c1-12-10-14(20)11-13-6-5-9-23(17(12)13)16(24)8-7-15-21-18(22-25-15)19(2,3)4/h10-11H,5-9H2,1-4H3. The van der Waals surface area contributed by atoms with Gasteiger partial charge in [0.05, 0.1) is 0 Å². The van der Waals surface area contributed by atoms with Gasteiger partial charge < -0.3 is 9.42 Å². The van der Waals surface area contributed by atoms with E-state index in [1.807, 2.05) is 25.7 Å². The molecule has 3 rings (SSSR count). The van der Waals surface area contributed by atoms with Gasteiger partial charge in [0.25, 0.3) is 0 Å². The summed E-state index contributed by atoms with van der Waals surface area (Å²) in [7, 11) is 0. The number of amides is 1. The maximum atomic E-state index is 12.8. The number of rotatable bonds is 3. The largest absolute Gasteiger partial charge is 0.339 e. The minimum Gasteiger partial charge on any atom is -0.339 e. The van der Waals surface area contributed by atoms with Crippen molar-refractivity contribution in [1.82, 2.24) is 10.1 Å². The Kier molecular flexibility index (Phi) is 5.00. The lowest BCUT2D eigenvalue weighted by Gasteiger charge is -2.31. The van der Waals surface area contributed by atoms with Crippen LogP contribution in [0.15, 0.2) is 21.1 Å². The molecule has 1 aromatic heterocycles. The first kappa shape index (κ1) is 18.1. The summed E-state index contributed by atoms with van der Waals surface area (Å²) in [5.41, 5.74) is 3.28. The molecule has 134 valence electrons. The number of carbonyl (C=O) groups excluding carboxylic acids is 1. The molecule has 0 spiro atoms. The van der Waals surface area contributed by atoms with Crippen molar-refractivity contribution in [2.24, 2.45) is 0 Å². The van der Waals surface area contributed by atoms with Crippen LogP contribution in [0.2, 0.25) is 0 Å². The molecule has 0 unspecified atom stereocenters. The summed E-state index contributed by atoms with van der Waals surface area (Å²) in [5.74, 6) is 1.32. The predicted molar refractivity (Wildman–Crippen MR) is 101 cm³/mol. The smallest absolute Gasteiger partial charge is 0.227 e. The summed E-state index contributed by atoms with van der Waals surface area (Å²) >= 11 is 3.55. The third-order valence-electron chi connectivity index (χ3n) is 4.43. The number of anilines is 1. The van der Waals surface area contributed by atoms with Gasteiger partial charge in [0.2, 0.25) is 11.8 Å². The Bertz CT molecular complexity index is 792. The first-order chi connectivity index (χ1) is 11.8. The molecule has 0 radical (unpaired) electrons. The van der Waals surface area contributed by atoms with Crippen molar-refractivity contribution in [2.45, 2.75) is 58.8 Å². The van der Waals surface area contributed by atoms with E-state index in [2.05, 4.69) is 45.1 Å². The number of nitrogens with zero attached hydrogens (tertiary/aromatic N) is 3. The highest BCUT2D eigenvalue weighted by molar-refractivity contribution is 9.10. The van der Waals surface area contributed by atoms with Crippen LogP contribution in [-0.2, 0) is 23.1 Å². The molecule has 0 bridgehead atoms. The molecule has 1 amide bonds. The molecule has 0 aliphatic carbocycles. The van der Waals surface area contributed by atoms with Crippen LogP contribution in [0.5, 0.6) is 0 Å². The third-order valence-corrected chi connectivity index (χ3v) is 4.89. The molecule has 6 heteroatoms. The van der Waals surface area contributed by atoms with Crippen molar-refractivity contribution in [3.05, 3.63) is 39.4 Å². The van der Waals surface area contributed by atoms with E-state index in [1.54, 1.807) is 0 Å². The van der Waals surface area contributed by atoms with E-state index in [4.69, 9.17) is 4.52 Å². The second-order valence-electron chi connectivity index (χ2n) is 7.64. The van der Waals surface area contributed by atoms with Crippen LogP contribution in [0.3, 0.4) is 0 Å². The number of aryl methyl sites for hydroxylation is 3. The minimum absolute atomic E-state index is 0.113. The number of benzene rings is 1. The van der Waals surface area contributed by atoms with E-state index in [0.29, 0.717) is 24.6 Å². The Balaban J connectivity index is 1.72. The molecule has 1 aliphatic heterocycles. The first-order valence-electron chi connectivity index (χ1n) is 8.68. The molecule has 1 aromatic carbocycles. The molecule has 2 heterocycles. The summed E-state index contributed by atoms with van der Waals surface area (Å²) in [6.45, 7) is 8.95. The Morgan fingerprint density at radius 3 is 2.80 bits per heavy atom. The summed E-state index contributed by atoms with van der Waals surface area (Å²) in [4.78, 5) is 19.1. The number of fused-ring (bicyclic) bond motifs is 1. The molecule has 0 saturated carbocycles.